The molecule has 1 heterocycles. The third kappa shape index (κ3) is 4.07. The number of piperidine rings is 1. The molecule has 0 saturated carbocycles. The first-order chi connectivity index (χ1) is 10.8. The molecule has 1 aliphatic rings. The maximum Gasteiger partial charge on any atom is 0.321 e. The van der Waals surface area contributed by atoms with Crippen LogP contribution in [0.25, 0.3) is 0 Å². The van der Waals surface area contributed by atoms with Gasteiger partial charge in [-0.05, 0) is 30.9 Å². The van der Waals surface area contributed by atoms with E-state index in [2.05, 4.69) is 5.32 Å². The van der Waals surface area contributed by atoms with Crippen LogP contribution >= 0.6 is 11.6 Å². The number of nitrogens with zero attached hydrogens (tertiary/aromatic N) is 1. The third-order valence-corrected chi connectivity index (χ3v) is 4.43. The number of hydrogen-bond donors (Lipinski definition) is 2. The van der Waals surface area contributed by atoms with Crippen molar-refractivity contribution >= 4 is 29.3 Å². The molecular formula is C16H21ClN2O4. The number of carbonyl (C=O) groups is 2. The predicted octanol–water partition coefficient (Wildman–Crippen LogP) is 3.23. The fraction of sp³-hybridized carbons (Fsp3) is 0.500. The zero-order chi connectivity index (χ0) is 17.1. The van der Waals surface area contributed by atoms with E-state index < -0.39 is 11.9 Å². The van der Waals surface area contributed by atoms with Crippen LogP contribution in [0.2, 0.25) is 5.02 Å². The maximum atomic E-state index is 12.5. The number of ether oxygens (including phenoxy) is 1. The summed E-state index contributed by atoms with van der Waals surface area (Å²) in [4.78, 5) is 25.2. The lowest BCUT2D eigenvalue weighted by Gasteiger charge is -2.34. The number of likely N-dealkylation sites (tertiary alicyclic amines) is 1. The second-order valence-electron chi connectivity index (χ2n) is 6.01. The van der Waals surface area contributed by atoms with E-state index in [1.54, 1.807) is 12.1 Å². The lowest BCUT2D eigenvalue weighted by molar-refractivity contribution is -0.143. The summed E-state index contributed by atoms with van der Waals surface area (Å²) in [7, 11) is 1.50. The summed E-state index contributed by atoms with van der Waals surface area (Å²) >= 11 is 6.05. The number of carboxylic acid groups (broad SMARTS) is 1. The molecule has 2 N–H and O–H groups in total. The first kappa shape index (κ1) is 17.4. The normalized spacial score (nSPS) is 21.0. The molecule has 126 valence electrons. The van der Waals surface area contributed by atoms with Gasteiger partial charge in [0.05, 0.1) is 18.7 Å². The Morgan fingerprint density at radius 1 is 1.39 bits per heavy atom. The Morgan fingerprint density at radius 3 is 2.70 bits per heavy atom. The summed E-state index contributed by atoms with van der Waals surface area (Å²) in [5.74, 6) is -0.786. The number of rotatable bonds is 3. The minimum atomic E-state index is -0.866. The minimum absolute atomic E-state index is 0.143. The fourth-order valence-corrected chi connectivity index (χ4v) is 2.97. The van der Waals surface area contributed by atoms with E-state index in [0.29, 0.717) is 29.4 Å². The van der Waals surface area contributed by atoms with Gasteiger partial charge in [-0.2, -0.15) is 0 Å². The molecule has 2 amide bonds. The molecule has 1 fully saturated rings. The Morgan fingerprint density at radius 2 is 2.09 bits per heavy atom. The predicted molar refractivity (Wildman–Crippen MR) is 88.2 cm³/mol. The number of anilines is 1. The summed E-state index contributed by atoms with van der Waals surface area (Å²) in [6.45, 7) is 4.52. The van der Waals surface area contributed by atoms with Gasteiger partial charge in [0.15, 0.2) is 0 Å². The molecule has 7 heteroatoms. The molecule has 1 aromatic rings. The molecule has 0 spiro atoms. The van der Waals surface area contributed by atoms with E-state index in [0.717, 1.165) is 5.56 Å². The van der Waals surface area contributed by atoms with Gasteiger partial charge in [-0.1, -0.05) is 18.5 Å². The number of hydrogen-bond acceptors (Lipinski definition) is 3. The Bertz CT molecular complexity index is 620. The molecule has 1 aromatic carbocycles. The zero-order valence-electron chi connectivity index (χ0n) is 13.4. The van der Waals surface area contributed by atoms with Gasteiger partial charge >= 0.3 is 12.0 Å². The van der Waals surface area contributed by atoms with Crippen LogP contribution in [0.4, 0.5) is 10.5 Å². The summed E-state index contributed by atoms with van der Waals surface area (Å²) in [6.07, 6.45) is 0.586. The summed E-state index contributed by atoms with van der Waals surface area (Å²) in [5, 5.41) is 12.5. The lowest BCUT2D eigenvalue weighted by Crippen LogP contribution is -2.47. The smallest absolute Gasteiger partial charge is 0.321 e. The highest BCUT2D eigenvalue weighted by atomic mass is 35.5. The van der Waals surface area contributed by atoms with Crippen LogP contribution in [-0.4, -0.2) is 42.2 Å². The summed E-state index contributed by atoms with van der Waals surface area (Å²) in [6, 6.07) is 3.05. The average molecular weight is 341 g/mol. The molecule has 2 unspecified atom stereocenters. The third-order valence-electron chi connectivity index (χ3n) is 4.02. The molecule has 1 saturated heterocycles. The van der Waals surface area contributed by atoms with Crippen LogP contribution < -0.4 is 10.1 Å². The maximum absolute atomic E-state index is 12.5. The number of carbonyl (C=O) groups excluding carboxylic acids is 1. The van der Waals surface area contributed by atoms with Crippen LogP contribution in [0.15, 0.2) is 12.1 Å². The highest BCUT2D eigenvalue weighted by Crippen LogP contribution is 2.31. The molecule has 2 rings (SSSR count). The number of aliphatic carboxylic acids is 1. The molecule has 6 nitrogen and oxygen atoms in total. The van der Waals surface area contributed by atoms with Crippen molar-refractivity contribution in [2.24, 2.45) is 11.8 Å². The standard InChI is InChI=1S/C16H21ClN2O4/c1-9-4-11(15(20)21)8-19(7-9)16(22)18-13-5-10(2)12(17)6-14(13)23-3/h5-6,9,11H,4,7-8H2,1-3H3,(H,18,22)(H,20,21). The minimum Gasteiger partial charge on any atom is -0.495 e. The molecule has 1 aliphatic heterocycles. The Labute approximate surface area is 140 Å². The van der Waals surface area contributed by atoms with Crippen molar-refractivity contribution in [1.82, 2.24) is 4.90 Å². The second kappa shape index (κ2) is 7.08. The van der Waals surface area contributed by atoms with Crippen molar-refractivity contribution in [3.63, 3.8) is 0 Å². The topological polar surface area (TPSA) is 78.9 Å². The van der Waals surface area contributed by atoms with Crippen molar-refractivity contribution in [1.29, 1.82) is 0 Å². The van der Waals surface area contributed by atoms with Gasteiger partial charge in [-0.3, -0.25) is 4.79 Å². The molecule has 0 aliphatic carbocycles. The number of amides is 2. The van der Waals surface area contributed by atoms with E-state index in [1.807, 2.05) is 13.8 Å². The van der Waals surface area contributed by atoms with Gasteiger partial charge in [0, 0.05) is 24.2 Å². The van der Waals surface area contributed by atoms with Crippen molar-refractivity contribution in [2.45, 2.75) is 20.3 Å². The first-order valence-electron chi connectivity index (χ1n) is 7.44. The van der Waals surface area contributed by atoms with Crippen LogP contribution in [-0.2, 0) is 4.79 Å². The van der Waals surface area contributed by atoms with Crippen molar-refractivity contribution in [3.8, 4) is 5.75 Å². The van der Waals surface area contributed by atoms with Crippen molar-refractivity contribution in [3.05, 3.63) is 22.7 Å². The zero-order valence-corrected chi connectivity index (χ0v) is 14.2. The monoisotopic (exact) mass is 340 g/mol. The second-order valence-corrected chi connectivity index (χ2v) is 6.42. The van der Waals surface area contributed by atoms with E-state index in [-0.39, 0.29) is 18.5 Å². The fourth-order valence-electron chi connectivity index (χ4n) is 2.82. The van der Waals surface area contributed by atoms with E-state index in [1.165, 1.54) is 12.0 Å². The van der Waals surface area contributed by atoms with Crippen LogP contribution in [0, 0.1) is 18.8 Å². The van der Waals surface area contributed by atoms with Gasteiger partial charge < -0.3 is 20.1 Å². The van der Waals surface area contributed by atoms with E-state index in [9.17, 15) is 14.7 Å². The number of benzene rings is 1. The Balaban J connectivity index is 2.15. The number of methoxy groups -OCH3 is 1. The van der Waals surface area contributed by atoms with Crippen LogP contribution in [0.1, 0.15) is 18.9 Å². The van der Waals surface area contributed by atoms with Gasteiger partial charge in [0.25, 0.3) is 0 Å². The molecule has 23 heavy (non-hydrogen) atoms. The molecule has 2 atom stereocenters. The van der Waals surface area contributed by atoms with Crippen LogP contribution in [0.5, 0.6) is 5.75 Å². The van der Waals surface area contributed by atoms with Gasteiger partial charge in [-0.15, -0.1) is 0 Å². The Hall–Kier alpha value is -1.95. The lowest BCUT2D eigenvalue weighted by atomic mass is 9.91. The summed E-state index contributed by atoms with van der Waals surface area (Å²) < 4.78 is 5.24. The molecule has 0 bridgehead atoms. The van der Waals surface area contributed by atoms with Gasteiger partial charge in [0.1, 0.15) is 5.75 Å². The summed E-state index contributed by atoms with van der Waals surface area (Å²) in [5.41, 5.74) is 1.34. The van der Waals surface area contributed by atoms with Gasteiger partial charge in [-0.25, -0.2) is 4.79 Å². The van der Waals surface area contributed by atoms with Crippen LogP contribution in [0.3, 0.4) is 0 Å². The molecular weight excluding hydrogens is 320 g/mol. The first-order valence-corrected chi connectivity index (χ1v) is 7.82. The van der Waals surface area contributed by atoms with Crippen molar-refractivity contribution in [2.75, 3.05) is 25.5 Å². The highest BCUT2D eigenvalue weighted by molar-refractivity contribution is 6.31. The Kier molecular flexibility index (Phi) is 5.36. The largest absolute Gasteiger partial charge is 0.495 e. The number of urea groups is 1. The number of halogens is 1. The number of nitrogens with one attached hydrogen (secondary N) is 1. The number of aryl methyl sites for hydroxylation is 1. The van der Waals surface area contributed by atoms with Crippen molar-refractivity contribution < 1.29 is 19.4 Å². The highest BCUT2D eigenvalue weighted by Gasteiger charge is 2.32. The molecule has 0 radical (unpaired) electrons. The van der Waals surface area contributed by atoms with E-state index >= 15 is 0 Å². The van der Waals surface area contributed by atoms with Gasteiger partial charge in [0.2, 0.25) is 0 Å². The number of carboxylic acids is 1. The SMILES string of the molecule is COc1cc(Cl)c(C)cc1NC(=O)N1CC(C)CC(C(=O)O)C1. The molecule has 0 aromatic heterocycles. The average Bonchev–Trinajstić information content (AvgIpc) is 2.49. The van der Waals surface area contributed by atoms with E-state index in [4.69, 9.17) is 16.3 Å². The quantitative estimate of drug-likeness (QED) is 0.885.